The maximum absolute atomic E-state index is 12.6. The number of rotatable bonds is 5. The molecule has 0 spiro atoms. The minimum Gasteiger partial charge on any atom is -0.369 e. The largest absolute Gasteiger partial charge is 0.369 e. The first-order valence-corrected chi connectivity index (χ1v) is 10.8. The zero-order chi connectivity index (χ0) is 21.9. The molecule has 1 amide bonds. The summed E-state index contributed by atoms with van der Waals surface area (Å²) in [5.74, 6) is 0.166. The van der Waals surface area contributed by atoms with Gasteiger partial charge in [-0.05, 0) is 42.8 Å². The number of fused-ring (bicyclic) bond motifs is 1. The van der Waals surface area contributed by atoms with Crippen molar-refractivity contribution in [1.82, 2.24) is 24.5 Å². The number of hydrogen-bond acceptors (Lipinski definition) is 6. The molecule has 2 aromatic carbocycles. The molecule has 0 radical (unpaired) electrons. The fraction of sp³-hybridized carbons (Fsp3) is 0.250. The summed E-state index contributed by atoms with van der Waals surface area (Å²) in [7, 11) is 0. The summed E-state index contributed by atoms with van der Waals surface area (Å²) in [6, 6.07) is 20.4. The van der Waals surface area contributed by atoms with Crippen molar-refractivity contribution in [3.63, 3.8) is 0 Å². The van der Waals surface area contributed by atoms with Crippen LogP contribution in [-0.4, -0.2) is 56.6 Å². The maximum Gasteiger partial charge on any atom is 0.295 e. The molecule has 1 aliphatic heterocycles. The second-order valence-electron chi connectivity index (χ2n) is 7.98. The van der Waals surface area contributed by atoms with Crippen LogP contribution in [0.1, 0.15) is 21.9 Å². The van der Waals surface area contributed by atoms with Gasteiger partial charge in [0.1, 0.15) is 0 Å². The Hall–Kier alpha value is -3.78. The summed E-state index contributed by atoms with van der Waals surface area (Å²) in [6.07, 6.45) is 1.65. The summed E-state index contributed by atoms with van der Waals surface area (Å²) < 4.78 is 1.56. The van der Waals surface area contributed by atoms with Gasteiger partial charge < -0.3 is 10.2 Å². The van der Waals surface area contributed by atoms with E-state index in [0.717, 1.165) is 44.1 Å². The normalized spacial score (nSPS) is 14.6. The quantitative estimate of drug-likeness (QED) is 0.528. The average molecular weight is 428 g/mol. The molecule has 5 rings (SSSR count). The van der Waals surface area contributed by atoms with Crippen molar-refractivity contribution in [1.29, 1.82) is 0 Å². The SMILES string of the molecule is Cc1ccnc2nc(C(=O)Nc3ccc(N4CCN(Cc5ccccc5)CC4)cc3)nn12. The Morgan fingerprint density at radius 2 is 1.72 bits per heavy atom. The van der Waals surface area contributed by atoms with Crippen LogP contribution in [0.25, 0.3) is 5.78 Å². The number of benzene rings is 2. The number of amides is 1. The number of carbonyl (C=O) groups excluding carboxylic acids is 1. The highest BCUT2D eigenvalue weighted by Gasteiger charge is 2.18. The number of piperazine rings is 1. The van der Waals surface area contributed by atoms with Gasteiger partial charge in [-0.2, -0.15) is 4.98 Å². The van der Waals surface area contributed by atoms with Crippen LogP contribution in [-0.2, 0) is 6.54 Å². The van der Waals surface area contributed by atoms with Crippen LogP contribution in [0.15, 0.2) is 66.9 Å². The predicted molar refractivity (Wildman–Crippen MR) is 124 cm³/mol. The maximum atomic E-state index is 12.6. The number of nitrogens with one attached hydrogen (secondary N) is 1. The number of hydrogen-bond donors (Lipinski definition) is 1. The van der Waals surface area contributed by atoms with E-state index < -0.39 is 0 Å². The second kappa shape index (κ2) is 8.76. The Labute approximate surface area is 186 Å². The molecule has 2 aromatic heterocycles. The molecule has 32 heavy (non-hydrogen) atoms. The highest BCUT2D eigenvalue weighted by molar-refractivity contribution is 6.01. The minimum atomic E-state index is -0.350. The lowest BCUT2D eigenvalue weighted by Crippen LogP contribution is -2.45. The zero-order valence-electron chi connectivity index (χ0n) is 18.0. The van der Waals surface area contributed by atoms with Crippen LogP contribution in [0.2, 0.25) is 0 Å². The molecule has 8 nitrogen and oxygen atoms in total. The fourth-order valence-corrected chi connectivity index (χ4v) is 3.95. The van der Waals surface area contributed by atoms with Crippen molar-refractivity contribution in [3.8, 4) is 0 Å². The third-order valence-corrected chi connectivity index (χ3v) is 5.74. The molecule has 1 N–H and O–H groups in total. The van der Waals surface area contributed by atoms with Crippen molar-refractivity contribution in [2.75, 3.05) is 36.4 Å². The molecule has 0 aliphatic carbocycles. The third kappa shape index (κ3) is 4.31. The highest BCUT2D eigenvalue weighted by Crippen LogP contribution is 2.20. The molecule has 4 aromatic rings. The van der Waals surface area contributed by atoms with Gasteiger partial charge in [0, 0.05) is 56.0 Å². The molecule has 1 fully saturated rings. The molecular formula is C24H25N7O. The Bertz CT molecular complexity index is 1210. The molecule has 3 heterocycles. The van der Waals surface area contributed by atoms with E-state index in [1.807, 2.05) is 37.3 Å². The van der Waals surface area contributed by atoms with Crippen molar-refractivity contribution in [2.24, 2.45) is 0 Å². The van der Waals surface area contributed by atoms with Crippen LogP contribution in [0, 0.1) is 6.92 Å². The van der Waals surface area contributed by atoms with E-state index >= 15 is 0 Å². The second-order valence-corrected chi connectivity index (χ2v) is 7.98. The molecule has 8 heteroatoms. The molecule has 162 valence electrons. The Morgan fingerprint density at radius 3 is 2.44 bits per heavy atom. The molecule has 0 bridgehead atoms. The number of nitrogens with zero attached hydrogens (tertiary/aromatic N) is 6. The zero-order valence-corrected chi connectivity index (χ0v) is 18.0. The van der Waals surface area contributed by atoms with E-state index in [-0.39, 0.29) is 11.7 Å². The van der Waals surface area contributed by atoms with Crippen LogP contribution in [0.4, 0.5) is 11.4 Å². The molecule has 0 atom stereocenters. The van der Waals surface area contributed by atoms with Gasteiger partial charge in [0.25, 0.3) is 11.7 Å². The lowest BCUT2D eigenvalue weighted by atomic mass is 10.2. The lowest BCUT2D eigenvalue weighted by molar-refractivity contribution is 0.101. The van der Waals surface area contributed by atoms with Gasteiger partial charge in [-0.3, -0.25) is 9.69 Å². The third-order valence-electron chi connectivity index (χ3n) is 5.74. The van der Waals surface area contributed by atoms with E-state index in [0.29, 0.717) is 11.5 Å². The van der Waals surface area contributed by atoms with E-state index in [1.54, 1.807) is 10.7 Å². The van der Waals surface area contributed by atoms with Crippen molar-refractivity contribution in [2.45, 2.75) is 13.5 Å². The molecule has 1 aliphatic rings. The Morgan fingerprint density at radius 1 is 0.969 bits per heavy atom. The van der Waals surface area contributed by atoms with Gasteiger partial charge in [-0.1, -0.05) is 30.3 Å². The number of carbonyl (C=O) groups is 1. The van der Waals surface area contributed by atoms with Gasteiger partial charge in [0.15, 0.2) is 0 Å². The Balaban J connectivity index is 1.18. The van der Waals surface area contributed by atoms with Crippen LogP contribution < -0.4 is 10.2 Å². The van der Waals surface area contributed by atoms with E-state index in [4.69, 9.17) is 0 Å². The summed E-state index contributed by atoms with van der Waals surface area (Å²) in [5, 5.41) is 7.13. The number of aromatic nitrogens is 4. The van der Waals surface area contributed by atoms with E-state index in [9.17, 15) is 4.79 Å². The smallest absolute Gasteiger partial charge is 0.295 e. The van der Waals surface area contributed by atoms with Crippen LogP contribution in [0.5, 0.6) is 0 Å². The van der Waals surface area contributed by atoms with E-state index in [2.05, 4.69) is 60.5 Å². The molecule has 1 saturated heterocycles. The summed E-state index contributed by atoms with van der Waals surface area (Å²) >= 11 is 0. The van der Waals surface area contributed by atoms with Crippen molar-refractivity contribution in [3.05, 3.63) is 83.9 Å². The fourth-order valence-electron chi connectivity index (χ4n) is 3.95. The van der Waals surface area contributed by atoms with Crippen LogP contribution >= 0.6 is 0 Å². The lowest BCUT2D eigenvalue weighted by Gasteiger charge is -2.36. The van der Waals surface area contributed by atoms with Gasteiger partial charge in [0.2, 0.25) is 5.82 Å². The summed E-state index contributed by atoms with van der Waals surface area (Å²) in [4.78, 5) is 25.8. The van der Waals surface area contributed by atoms with Gasteiger partial charge >= 0.3 is 0 Å². The van der Waals surface area contributed by atoms with Crippen molar-refractivity contribution < 1.29 is 4.79 Å². The minimum absolute atomic E-state index is 0.102. The van der Waals surface area contributed by atoms with Gasteiger partial charge in [-0.25, -0.2) is 9.50 Å². The monoisotopic (exact) mass is 427 g/mol. The van der Waals surface area contributed by atoms with Gasteiger partial charge in [-0.15, -0.1) is 5.10 Å². The molecule has 0 saturated carbocycles. The first-order chi connectivity index (χ1) is 15.7. The average Bonchev–Trinajstić information content (AvgIpc) is 3.27. The topological polar surface area (TPSA) is 78.7 Å². The number of anilines is 2. The molecule has 0 unspecified atom stereocenters. The van der Waals surface area contributed by atoms with E-state index in [1.165, 1.54) is 5.56 Å². The first kappa shape index (κ1) is 20.1. The van der Waals surface area contributed by atoms with Crippen LogP contribution in [0.3, 0.4) is 0 Å². The number of aryl methyl sites for hydroxylation is 1. The predicted octanol–water partition coefficient (Wildman–Crippen LogP) is 3.01. The van der Waals surface area contributed by atoms with Gasteiger partial charge in [0.05, 0.1) is 0 Å². The summed E-state index contributed by atoms with van der Waals surface area (Å²) in [6.45, 7) is 6.91. The summed E-state index contributed by atoms with van der Waals surface area (Å²) in [5.41, 5.74) is 4.10. The standard InChI is InChI=1S/C24H25N7O/c1-18-11-12-25-24-27-22(28-31(18)24)23(32)26-20-7-9-21(10-8-20)30-15-13-29(14-16-30)17-19-5-3-2-4-6-19/h2-12H,13-17H2,1H3,(H,26,32). The molecular weight excluding hydrogens is 402 g/mol. The first-order valence-electron chi connectivity index (χ1n) is 10.8. The van der Waals surface area contributed by atoms with Crippen molar-refractivity contribution >= 4 is 23.1 Å². The Kier molecular flexibility index (Phi) is 5.51. The highest BCUT2D eigenvalue weighted by atomic mass is 16.2.